The highest BCUT2D eigenvalue weighted by atomic mass is 35.5. The van der Waals surface area contributed by atoms with E-state index in [2.05, 4.69) is 46.8 Å². The van der Waals surface area contributed by atoms with E-state index in [1.807, 2.05) is 24.4 Å². The van der Waals surface area contributed by atoms with Crippen LogP contribution in [0.25, 0.3) is 0 Å². The number of hydrogen-bond donors (Lipinski definition) is 0. The number of aryl methyl sites for hydroxylation is 1. The average Bonchev–Trinajstić information content (AvgIpc) is 2.71. The molecule has 0 unspecified atom stereocenters. The van der Waals surface area contributed by atoms with E-state index in [0.29, 0.717) is 18.2 Å². The first-order valence-electron chi connectivity index (χ1n) is 10.4. The van der Waals surface area contributed by atoms with Crippen LogP contribution in [0.5, 0.6) is 0 Å². The first kappa shape index (κ1) is 19.7. The first-order chi connectivity index (χ1) is 13.6. The van der Waals surface area contributed by atoms with E-state index < -0.39 is 0 Å². The van der Waals surface area contributed by atoms with Crippen LogP contribution in [0.2, 0.25) is 5.02 Å². The van der Waals surface area contributed by atoms with Gasteiger partial charge in [0.25, 0.3) is 0 Å². The Kier molecular flexibility index (Phi) is 6.19. The molecule has 2 saturated heterocycles. The number of anilines is 1. The lowest BCUT2D eigenvalue weighted by atomic mass is 9.96. The largest absolute Gasteiger partial charge is 0.376 e. The zero-order chi connectivity index (χ0) is 19.5. The van der Waals surface area contributed by atoms with Crippen molar-refractivity contribution in [3.05, 3.63) is 58.7 Å². The predicted molar refractivity (Wildman–Crippen MR) is 115 cm³/mol. The third-order valence-corrected chi connectivity index (χ3v) is 6.36. The Hall–Kier alpha value is -1.62. The lowest BCUT2D eigenvalue weighted by Gasteiger charge is -2.46. The van der Waals surface area contributed by atoms with E-state index in [1.54, 1.807) is 0 Å². The smallest absolute Gasteiger partial charge is 0.131 e. The summed E-state index contributed by atoms with van der Waals surface area (Å²) in [7, 11) is 0. The quantitative estimate of drug-likeness (QED) is 0.764. The topological polar surface area (TPSA) is 28.6 Å². The number of aromatic nitrogens is 1. The summed E-state index contributed by atoms with van der Waals surface area (Å²) in [6.45, 7) is 8.32. The molecule has 1 aromatic carbocycles. The Morgan fingerprint density at radius 2 is 1.89 bits per heavy atom. The minimum Gasteiger partial charge on any atom is -0.376 e. The molecule has 2 fully saturated rings. The fraction of sp³-hybridized carbons (Fsp3) is 0.522. The molecule has 2 aliphatic heterocycles. The van der Waals surface area contributed by atoms with Crippen LogP contribution in [0.3, 0.4) is 0 Å². The van der Waals surface area contributed by atoms with Crippen LogP contribution in [-0.4, -0.2) is 54.3 Å². The van der Waals surface area contributed by atoms with Crippen molar-refractivity contribution in [2.75, 3.05) is 31.1 Å². The molecule has 4 nitrogen and oxygen atoms in total. The second-order valence-corrected chi connectivity index (χ2v) is 8.62. The number of halogens is 1. The molecule has 4 rings (SSSR count). The van der Waals surface area contributed by atoms with Crippen molar-refractivity contribution in [3.8, 4) is 0 Å². The van der Waals surface area contributed by atoms with Crippen LogP contribution in [0.1, 0.15) is 30.9 Å². The lowest BCUT2D eigenvalue weighted by Crippen LogP contribution is -2.56. The number of hydrogen-bond acceptors (Lipinski definition) is 4. The van der Waals surface area contributed by atoms with Crippen molar-refractivity contribution in [2.45, 2.75) is 51.3 Å². The molecule has 2 aromatic rings. The molecule has 150 valence electrons. The maximum absolute atomic E-state index is 6.05. The van der Waals surface area contributed by atoms with Gasteiger partial charge < -0.3 is 9.64 Å². The SMILES string of the molecule is Cc1cccnc1N1CCC(N2C[C@H](C)OC[C@@H]2Cc2ccc(Cl)cc2)CC1. The van der Waals surface area contributed by atoms with Gasteiger partial charge in [0.05, 0.1) is 12.7 Å². The first-order valence-corrected chi connectivity index (χ1v) is 10.8. The van der Waals surface area contributed by atoms with E-state index in [-0.39, 0.29) is 0 Å². The van der Waals surface area contributed by atoms with Crippen LogP contribution >= 0.6 is 11.6 Å². The third-order valence-electron chi connectivity index (χ3n) is 6.11. The summed E-state index contributed by atoms with van der Waals surface area (Å²) in [5, 5.41) is 0.798. The van der Waals surface area contributed by atoms with E-state index in [9.17, 15) is 0 Å². The van der Waals surface area contributed by atoms with Gasteiger partial charge in [0.1, 0.15) is 5.82 Å². The van der Waals surface area contributed by atoms with E-state index in [4.69, 9.17) is 16.3 Å². The van der Waals surface area contributed by atoms with Gasteiger partial charge in [-0.15, -0.1) is 0 Å². The number of rotatable bonds is 4. The Bertz CT molecular complexity index is 774. The highest BCUT2D eigenvalue weighted by molar-refractivity contribution is 6.30. The molecular formula is C23H30ClN3O. The second-order valence-electron chi connectivity index (χ2n) is 8.19. The molecule has 0 aliphatic carbocycles. The molecule has 0 spiro atoms. The molecule has 0 bridgehead atoms. The zero-order valence-electron chi connectivity index (χ0n) is 16.9. The molecule has 2 atom stereocenters. The Morgan fingerprint density at radius 1 is 1.14 bits per heavy atom. The summed E-state index contributed by atoms with van der Waals surface area (Å²) in [6.07, 6.45) is 5.58. The average molecular weight is 400 g/mol. The molecule has 0 saturated carbocycles. The van der Waals surface area contributed by atoms with Crippen molar-refractivity contribution >= 4 is 17.4 Å². The highest BCUT2D eigenvalue weighted by Gasteiger charge is 2.34. The number of nitrogens with zero attached hydrogens (tertiary/aromatic N) is 3. The van der Waals surface area contributed by atoms with Crippen molar-refractivity contribution in [1.29, 1.82) is 0 Å². The molecule has 3 heterocycles. The summed E-state index contributed by atoms with van der Waals surface area (Å²) in [5.41, 5.74) is 2.60. The van der Waals surface area contributed by atoms with Crippen molar-refractivity contribution < 1.29 is 4.74 Å². The fourth-order valence-corrected chi connectivity index (χ4v) is 4.73. The van der Waals surface area contributed by atoms with Gasteiger partial charge in [0, 0.05) is 42.9 Å². The monoisotopic (exact) mass is 399 g/mol. The standard InChI is InChI=1S/C23H30ClN3O/c1-17-4-3-11-25-23(17)26-12-9-21(10-13-26)27-15-18(2)28-16-22(27)14-19-5-7-20(24)8-6-19/h3-8,11,18,21-22H,9-10,12-16H2,1-2H3/t18-,22-/m0/s1. The van der Waals surface area contributed by atoms with Crippen LogP contribution in [0.15, 0.2) is 42.6 Å². The minimum absolute atomic E-state index is 0.303. The molecule has 0 amide bonds. The molecule has 0 N–H and O–H groups in total. The van der Waals surface area contributed by atoms with Crippen LogP contribution in [0, 0.1) is 6.92 Å². The fourth-order valence-electron chi connectivity index (χ4n) is 4.60. The van der Waals surface area contributed by atoms with Crippen LogP contribution < -0.4 is 4.90 Å². The van der Waals surface area contributed by atoms with E-state index in [1.165, 1.54) is 24.0 Å². The third kappa shape index (κ3) is 4.51. The summed E-state index contributed by atoms with van der Waals surface area (Å²) in [6, 6.07) is 13.5. The number of piperidine rings is 1. The van der Waals surface area contributed by atoms with E-state index >= 15 is 0 Å². The van der Waals surface area contributed by atoms with Gasteiger partial charge in [0.15, 0.2) is 0 Å². The zero-order valence-corrected chi connectivity index (χ0v) is 17.6. The Morgan fingerprint density at radius 3 is 2.61 bits per heavy atom. The van der Waals surface area contributed by atoms with Crippen LogP contribution in [0.4, 0.5) is 5.82 Å². The minimum atomic E-state index is 0.303. The number of ether oxygens (including phenoxy) is 1. The van der Waals surface area contributed by atoms with Gasteiger partial charge in [-0.05, 0) is 62.4 Å². The summed E-state index contributed by atoms with van der Waals surface area (Å²) < 4.78 is 6.03. The Balaban J connectivity index is 1.42. The maximum Gasteiger partial charge on any atom is 0.131 e. The lowest BCUT2D eigenvalue weighted by molar-refractivity contribution is -0.0745. The van der Waals surface area contributed by atoms with Gasteiger partial charge in [-0.2, -0.15) is 0 Å². The number of pyridine rings is 1. The predicted octanol–water partition coefficient (Wildman–Crippen LogP) is 4.34. The molecule has 2 aliphatic rings. The summed E-state index contributed by atoms with van der Waals surface area (Å²) >= 11 is 6.05. The Labute approximate surface area is 173 Å². The second kappa shape index (κ2) is 8.81. The highest BCUT2D eigenvalue weighted by Crippen LogP contribution is 2.27. The van der Waals surface area contributed by atoms with Gasteiger partial charge in [0.2, 0.25) is 0 Å². The summed E-state index contributed by atoms with van der Waals surface area (Å²) in [5.74, 6) is 1.15. The molecule has 5 heteroatoms. The molecule has 0 radical (unpaired) electrons. The molecular weight excluding hydrogens is 370 g/mol. The van der Waals surface area contributed by atoms with Crippen molar-refractivity contribution in [3.63, 3.8) is 0 Å². The van der Waals surface area contributed by atoms with Crippen molar-refractivity contribution in [2.24, 2.45) is 0 Å². The number of benzene rings is 1. The van der Waals surface area contributed by atoms with Gasteiger partial charge in [-0.25, -0.2) is 4.98 Å². The van der Waals surface area contributed by atoms with E-state index in [0.717, 1.165) is 43.5 Å². The summed E-state index contributed by atoms with van der Waals surface area (Å²) in [4.78, 5) is 9.77. The van der Waals surface area contributed by atoms with Gasteiger partial charge >= 0.3 is 0 Å². The van der Waals surface area contributed by atoms with Gasteiger partial charge in [-0.3, -0.25) is 4.90 Å². The van der Waals surface area contributed by atoms with Gasteiger partial charge in [-0.1, -0.05) is 29.8 Å². The van der Waals surface area contributed by atoms with Crippen molar-refractivity contribution in [1.82, 2.24) is 9.88 Å². The van der Waals surface area contributed by atoms with Crippen LogP contribution in [-0.2, 0) is 11.2 Å². The maximum atomic E-state index is 6.05. The number of morpholine rings is 1. The molecule has 1 aromatic heterocycles. The normalized spacial score (nSPS) is 24.5. The molecule has 28 heavy (non-hydrogen) atoms.